The molecule has 2 rings (SSSR count). The molecular weight excluding hydrogens is 189 g/mol. The predicted octanol–water partition coefficient (Wildman–Crippen LogP) is 2.84. The maximum atomic E-state index is 12.8. The van der Waals surface area contributed by atoms with Crippen LogP contribution in [0.15, 0.2) is 30.8 Å². The molecule has 0 aromatic heterocycles. The van der Waals surface area contributed by atoms with Gasteiger partial charge in [-0.3, -0.25) is 0 Å². The second-order valence-corrected chi connectivity index (χ2v) is 4.08. The van der Waals surface area contributed by atoms with E-state index in [0.717, 1.165) is 24.2 Å². The van der Waals surface area contributed by atoms with E-state index in [2.05, 4.69) is 11.9 Å². The molecule has 15 heavy (non-hydrogen) atoms. The molecule has 0 radical (unpaired) electrons. The average molecular weight is 205 g/mol. The third-order valence-corrected chi connectivity index (χ3v) is 3.00. The summed E-state index contributed by atoms with van der Waals surface area (Å²) >= 11 is 0. The average Bonchev–Trinajstić information content (AvgIpc) is 2.30. The number of rotatable bonds is 2. The summed E-state index contributed by atoms with van der Waals surface area (Å²) in [7, 11) is 0. The molecule has 1 heterocycles. The minimum atomic E-state index is -0.187. The maximum Gasteiger partial charge on any atom is 0.123 e. The summed E-state index contributed by atoms with van der Waals surface area (Å²) in [6.45, 7) is 6.22. The van der Waals surface area contributed by atoms with Crippen molar-refractivity contribution in [2.75, 3.05) is 13.1 Å². The Morgan fingerprint density at radius 2 is 2.07 bits per heavy atom. The van der Waals surface area contributed by atoms with Crippen LogP contribution in [0.1, 0.15) is 18.4 Å². The fraction of sp³-hybridized carbons (Fsp3) is 0.385. The van der Waals surface area contributed by atoms with Crippen molar-refractivity contribution in [1.82, 2.24) is 5.32 Å². The monoisotopic (exact) mass is 205 g/mol. The van der Waals surface area contributed by atoms with E-state index in [1.54, 1.807) is 0 Å². The third-order valence-electron chi connectivity index (χ3n) is 3.00. The molecule has 0 bridgehead atoms. The van der Waals surface area contributed by atoms with Crippen LogP contribution in [0.4, 0.5) is 4.39 Å². The van der Waals surface area contributed by atoms with Crippen molar-refractivity contribution < 1.29 is 4.39 Å². The van der Waals surface area contributed by atoms with Crippen molar-refractivity contribution >= 4 is 5.57 Å². The van der Waals surface area contributed by atoms with Crippen molar-refractivity contribution in [2.24, 2.45) is 5.92 Å². The zero-order chi connectivity index (χ0) is 10.7. The second-order valence-electron chi connectivity index (χ2n) is 4.08. The quantitative estimate of drug-likeness (QED) is 0.782. The van der Waals surface area contributed by atoms with E-state index in [1.807, 2.05) is 12.1 Å². The highest BCUT2D eigenvalue weighted by Gasteiger charge is 2.16. The van der Waals surface area contributed by atoms with Gasteiger partial charge in [0.1, 0.15) is 5.82 Å². The highest BCUT2D eigenvalue weighted by atomic mass is 19.1. The summed E-state index contributed by atoms with van der Waals surface area (Å²) in [5.41, 5.74) is 2.19. The molecule has 0 saturated carbocycles. The van der Waals surface area contributed by atoms with Gasteiger partial charge in [0.05, 0.1) is 0 Å². The van der Waals surface area contributed by atoms with Gasteiger partial charge in [0, 0.05) is 6.54 Å². The maximum absolute atomic E-state index is 12.8. The fourth-order valence-corrected chi connectivity index (χ4v) is 2.05. The minimum absolute atomic E-state index is 0.187. The van der Waals surface area contributed by atoms with Crippen molar-refractivity contribution in [1.29, 1.82) is 0 Å². The van der Waals surface area contributed by atoms with Crippen LogP contribution in [0.2, 0.25) is 0 Å². The van der Waals surface area contributed by atoms with Crippen LogP contribution in [-0.2, 0) is 0 Å². The van der Waals surface area contributed by atoms with Crippen molar-refractivity contribution in [3.05, 3.63) is 42.2 Å². The molecule has 1 aromatic rings. The molecule has 0 spiro atoms. The van der Waals surface area contributed by atoms with Crippen LogP contribution in [0.5, 0.6) is 0 Å². The molecule has 1 atom stereocenters. The first-order valence-corrected chi connectivity index (χ1v) is 5.43. The molecule has 1 nitrogen and oxygen atoms in total. The summed E-state index contributed by atoms with van der Waals surface area (Å²) < 4.78 is 12.8. The normalized spacial score (nSPS) is 21.3. The summed E-state index contributed by atoms with van der Waals surface area (Å²) in [5.74, 6) is 0.317. The Kier molecular flexibility index (Phi) is 3.17. The van der Waals surface area contributed by atoms with E-state index in [-0.39, 0.29) is 5.82 Å². The lowest BCUT2D eigenvalue weighted by atomic mass is 9.88. The Morgan fingerprint density at radius 1 is 1.33 bits per heavy atom. The minimum Gasteiger partial charge on any atom is -0.316 e. The summed E-state index contributed by atoms with van der Waals surface area (Å²) in [5, 5.41) is 3.36. The largest absolute Gasteiger partial charge is 0.316 e. The molecule has 2 heteroatoms. The Labute approximate surface area is 90.0 Å². The van der Waals surface area contributed by atoms with Gasteiger partial charge in [-0.15, -0.1) is 0 Å². The van der Waals surface area contributed by atoms with Gasteiger partial charge in [-0.2, -0.15) is 0 Å². The summed E-state index contributed by atoms with van der Waals surface area (Å²) in [6.07, 6.45) is 2.38. The molecule has 80 valence electrons. The molecule has 1 aromatic carbocycles. The number of benzene rings is 1. The fourth-order valence-electron chi connectivity index (χ4n) is 2.05. The molecule has 0 aliphatic carbocycles. The van der Waals surface area contributed by atoms with Gasteiger partial charge in [0.15, 0.2) is 0 Å². The van der Waals surface area contributed by atoms with Crippen molar-refractivity contribution in [3.63, 3.8) is 0 Å². The molecule has 1 aliphatic heterocycles. The zero-order valence-electron chi connectivity index (χ0n) is 8.80. The topological polar surface area (TPSA) is 12.0 Å². The first kappa shape index (κ1) is 10.4. The first-order chi connectivity index (χ1) is 7.27. The number of nitrogens with one attached hydrogen (secondary N) is 1. The van der Waals surface area contributed by atoms with Gasteiger partial charge >= 0.3 is 0 Å². The molecule has 1 N–H and O–H groups in total. The van der Waals surface area contributed by atoms with E-state index in [4.69, 9.17) is 0 Å². The lowest BCUT2D eigenvalue weighted by Gasteiger charge is -2.24. The highest BCUT2D eigenvalue weighted by Crippen LogP contribution is 2.26. The SMILES string of the molecule is C=C(c1ccc(F)cc1)[C@@H]1CCCNC1. The highest BCUT2D eigenvalue weighted by molar-refractivity contribution is 5.65. The summed E-state index contributed by atoms with van der Waals surface area (Å²) in [6, 6.07) is 6.62. The Hall–Kier alpha value is -1.15. The number of piperidine rings is 1. The van der Waals surface area contributed by atoms with Gasteiger partial charge in [0.25, 0.3) is 0 Å². The van der Waals surface area contributed by atoms with Crippen LogP contribution < -0.4 is 5.32 Å². The van der Waals surface area contributed by atoms with Crippen molar-refractivity contribution in [2.45, 2.75) is 12.8 Å². The van der Waals surface area contributed by atoms with Crippen LogP contribution in [0.3, 0.4) is 0 Å². The van der Waals surface area contributed by atoms with Gasteiger partial charge in [-0.25, -0.2) is 4.39 Å². The second kappa shape index (κ2) is 4.58. The van der Waals surface area contributed by atoms with E-state index in [9.17, 15) is 4.39 Å². The first-order valence-electron chi connectivity index (χ1n) is 5.43. The van der Waals surface area contributed by atoms with E-state index >= 15 is 0 Å². The lowest BCUT2D eigenvalue weighted by Crippen LogP contribution is -2.30. The summed E-state index contributed by atoms with van der Waals surface area (Å²) in [4.78, 5) is 0. The predicted molar refractivity (Wildman–Crippen MR) is 61.0 cm³/mol. The Balaban J connectivity index is 2.09. The number of hydrogen-bond donors (Lipinski definition) is 1. The van der Waals surface area contributed by atoms with Crippen molar-refractivity contribution in [3.8, 4) is 0 Å². The van der Waals surface area contributed by atoms with Crippen LogP contribution in [0.25, 0.3) is 5.57 Å². The van der Waals surface area contributed by atoms with Gasteiger partial charge in [-0.05, 0) is 48.6 Å². The molecule has 1 saturated heterocycles. The van der Waals surface area contributed by atoms with E-state index in [0.29, 0.717) is 5.92 Å². The van der Waals surface area contributed by atoms with E-state index < -0.39 is 0 Å². The molecule has 0 amide bonds. The number of halogens is 1. The van der Waals surface area contributed by atoms with Gasteiger partial charge in [-0.1, -0.05) is 18.7 Å². The molecule has 0 unspecified atom stereocenters. The van der Waals surface area contributed by atoms with Gasteiger partial charge < -0.3 is 5.32 Å². The smallest absolute Gasteiger partial charge is 0.123 e. The Bertz CT molecular complexity index is 336. The molecule has 1 aliphatic rings. The third kappa shape index (κ3) is 2.45. The van der Waals surface area contributed by atoms with Crippen LogP contribution >= 0.6 is 0 Å². The Morgan fingerprint density at radius 3 is 2.67 bits per heavy atom. The van der Waals surface area contributed by atoms with E-state index in [1.165, 1.54) is 25.0 Å². The number of hydrogen-bond acceptors (Lipinski definition) is 1. The molecule has 1 fully saturated rings. The standard InChI is InChI=1S/C13H16FN/c1-10(12-3-2-8-15-9-12)11-4-6-13(14)7-5-11/h4-7,12,15H,1-3,8-9H2/t12-/m1/s1. The zero-order valence-corrected chi connectivity index (χ0v) is 8.80. The van der Waals surface area contributed by atoms with Crippen LogP contribution in [-0.4, -0.2) is 13.1 Å². The molecular formula is C13H16FN. The lowest BCUT2D eigenvalue weighted by molar-refractivity contribution is 0.448. The van der Waals surface area contributed by atoms with Gasteiger partial charge in [0.2, 0.25) is 0 Å². The van der Waals surface area contributed by atoms with Crippen LogP contribution in [0, 0.1) is 11.7 Å².